The zero-order valence-corrected chi connectivity index (χ0v) is 21.1. The van der Waals surface area contributed by atoms with Gasteiger partial charge in [0.25, 0.3) is 0 Å². The minimum absolute atomic E-state index is 0.0208. The molecule has 0 fully saturated rings. The van der Waals surface area contributed by atoms with Crippen LogP contribution < -0.4 is 5.73 Å². The first-order valence-electron chi connectivity index (χ1n) is 8.90. The van der Waals surface area contributed by atoms with E-state index in [4.69, 9.17) is 51.1 Å². The summed E-state index contributed by atoms with van der Waals surface area (Å²) in [6.07, 6.45) is 3.96. The summed E-state index contributed by atoms with van der Waals surface area (Å²) in [7, 11) is 0. The van der Waals surface area contributed by atoms with E-state index in [0.29, 0.717) is 22.2 Å². The lowest BCUT2D eigenvalue weighted by atomic mass is 10.2. The summed E-state index contributed by atoms with van der Waals surface area (Å²) in [5, 5.41) is 18.7. The van der Waals surface area contributed by atoms with Crippen molar-refractivity contribution in [3.8, 4) is 12.1 Å². The highest BCUT2D eigenvalue weighted by molar-refractivity contribution is 7.98. The van der Waals surface area contributed by atoms with E-state index in [9.17, 15) is 4.39 Å². The van der Waals surface area contributed by atoms with Crippen molar-refractivity contribution in [3.05, 3.63) is 92.2 Å². The molecule has 0 saturated heterocycles. The Morgan fingerprint density at radius 1 is 0.781 bits per heavy atom. The minimum atomic E-state index is -0.535. The maximum Gasteiger partial charge on any atom is 0.141 e. The molecular weight excluding hydrogens is 508 g/mol. The van der Waals surface area contributed by atoms with Crippen molar-refractivity contribution in [2.75, 3.05) is 12.5 Å². The molecule has 0 amide bonds. The lowest BCUT2D eigenvalue weighted by molar-refractivity contribution is 0.624. The molecule has 3 nitrogen and oxygen atoms in total. The number of nitrogens with zero attached hydrogens (tertiary/aromatic N) is 2. The monoisotopic (exact) mass is 525 g/mol. The molecule has 3 rings (SSSR count). The van der Waals surface area contributed by atoms with Crippen molar-refractivity contribution >= 4 is 58.3 Å². The Morgan fingerprint density at radius 3 is 1.72 bits per heavy atom. The molecule has 9 heteroatoms. The summed E-state index contributed by atoms with van der Waals surface area (Å²) in [5.74, 6) is -0.535. The van der Waals surface area contributed by atoms with Crippen molar-refractivity contribution in [2.45, 2.75) is 16.3 Å². The molecule has 2 N–H and O–H groups in total. The first-order chi connectivity index (χ1) is 15.3. The average Bonchev–Trinajstić information content (AvgIpc) is 2.81. The van der Waals surface area contributed by atoms with Crippen LogP contribution in [0, 0.1) is 28.5 Å². The van der Waals surface area contributed by atoms with Crippen LogP contribution in [-0.4, -0.2) is 12.5 Å². The van der Waals surface area contributed by atoms with Crippen LogP contribution in [0.15, 0.2) is 64.4 Å². The van der Waals surface area contributed by atoms with E-state index in [1.54, 1.807) is 41.7 Å². The molecule has 0 aliphatic heterocycles. The largest absolute Gasteiger partial charge is 0.326 e. The maximum atomic E-state index is 12.5. The van der Waals surface area contributed by atoms with Crippen LogP contribution in [0.25, 0.3) is 0 Å². The summed E-state index contributed by atoms with van der Waals surface area (Å²) in [4.78, 5) is 2.17. The lowest BCUT2D eigenvalue weighted by Gasteiger charge is -2.03. The van der Waals surface area contributed by atoms with Gasteiger partial charge in [-0.05, 0) is 72.7 Å². The third kappa shape index (κ3) is 9.30. The predicted molar refractivity (Wildman–Crippen MR) is 135 cm³/mol. The molecule has 0 radical (unpaired) electrons. The van der Waals surface area contributed by atoms with Crippen molar-refractivity contribution in [1.82, 2.24) is 0 Å². The molecule has 32 heavy (non-hydrogen) atoms. The van der Waals surface area contributed by atoms with E-state index in [0.717, 1.165) is 15.5 Å². The number of thioether (sulfide) groups is 2. The van der Waals surface area contributed by atoms with E-state index >= 15 is 0 Å². The van der Waals surface area contributed by atoms with Crippen LogP contribution >= 0.6 is 58.3 Å². The van der Waals surface area contributed by atoms with E-state index in [2.05, 4.69) is 6.07 Å². The molecule has 0 bridgehead atoms. The Labute approximate surface area is 211 Å². The van der Waals surface area contributed by atoms with Gasteiger partial charge in [-0.2, -0.15) is 10.5 Å². The highest BCUT2D eigenvalue weighted by atomic mass is 35.5. The molecular formula is C23H19Cl3FN3S2. The highest BCUT2D eigenvalue weighted by Crippen LogP contribution is 2.23. The van der Waals surface area contributed by atoms with Crippen molar-refractivity contribution in [2.24, 2.45) is 5.73 Å². The topological polar surface area (TPSA) is 73.6 Å². The van der Waals surface area contributed by atoms with Gasteiger partial charge in [0.05, 0.1) is 11.1 Å². The minimum Gasteiger partial charge on any atom is -0.326 e. The molecule has 0 unspecified atom stereocenters. The molecule has 3 aromatic rings. The number of nitriles is 2. The lowest BCUT2D eigenvalue weighted by Crippen LogP contribution is -1.97. The third-order valence-electron chi connectivity index (χ3n) is 3.79. The Bertz CT molecular complexity index is 1130. The number of halogens is 4. The van der Waals surface area contributed by atoms with Crippen molar-refractivity contribution in [3.63, 3.8) is 0 Å². The average molecular weight is 527 g/mol. The number of nitrogens with two attached hydrogens (primary N) is 1. The number of benzene rings is 3. The van der Waals surface area contributed by atoms with Gasteiger partial charge in [-0.3, -0.25) is 0 Å². The fourth-order valence-electron chi connectivity index (χ4n) is 2.26. The van der Waals surface area contributed by atoms with Crippen LogP contribution in [0.5, 0.6) is 0 Å². The number of rotatable bonds is 3. The van der Waals surface area contributed by atoms with Crippen LogP contribution in [0.4, 0.5) is 4.39 Å². The van der Waals surface area contributed by atoms with Gasteiger partial charge in [0, 0.05) is 31.4 Å². The van der Waals surface area contributed by atoms with Gasteiger partial charge in [-0.15, -0.1) is 23.5 Å². The second-order valence-electron chi connectivity index (χ2n) is 5.85. The summed E-state index contributed by atoms with van der Waals surface area (Å²) in [6.45, 7) is 0.552. The fourth-order valence-corrected chi connectivity index (χ4v) is 3.93. The van der Waals surface area contributed by atoms with Crippen LogP contribution in [0.2, 0.25) is 15.1 Å². The molecule has 0 aromatic heterocycles. The summed E-state index contributed by atoms with van der Waals surface area (Å²) in [6, 6.07) is 18.7. The van der Waals surface area contributed by atoms with Gasteiger partial charge < -0.3 is 5.73 Å². The zero-order chi connectivity index (χ0) is 24.1. The molecule has 0 aliphatic carbocycles. The van der Waals surface area contributed by atoms with Gasteiger partial charge in [-0.25, -0.2) is 4.39 Å². The summed E-state index contributed by atoms with van der Waals surface area (Å²) >= 11 is 20.2. The Balaban J connectivity index is 0.000000240. The van der Waals surface area contributed by atoms with Gasteiger partial charge in [0.1, 0.15) is 18.0 Å². The Morgan fingerprint density at radius 2 is 1.25 bits per heavy atom. The Hall–Kier alpha value is -1.90. The molecule has 0 atom stereocenters. The van der Waals surface area contributed by atoms with E-state index < -0.39 is 5.82 Å². The summed E-state index contributed by atoms with van der Waals surface area (Å²) in [5.41, 5.74) is 7.26. The zero-order valence-electron chi connectivity index (χ0n) is 17.2. The van der Waals surface area contributed by atoms with E-state index in [-0.39, 0.29) is 5.56 Å². The van der Waals surface area contributed by atoms with E-state index in [1.807, 2.05) is 36.8 Å². The molecule has 0 heterocycles. The second kappa shape index (κ2) is 15.0. The quantitative estimate of drug-likeness (QED) is 0.352. The molecule has 166 valence electrons. The van der Waals surface area contributed by atoms with Gasteiger partial charge >= 0.3 is 0 Å². The second-order valence-corrected chi connectivity index (χ2v) is 8.86. The first kappa shape index (κ1) is 28.1. The van der Waals surface area contributed by atoms with Crippen molar-refractivity contribution < 1.29 is 4.39 Å². The van der Waals surface area contributed by atoms with Gasteiger partial charge in [-0.1, -0.05) is 34.8 Å². The Kier molecular flexibility index (Phi) is 13.2. The number of hydrogen-bond acceptors (Lipinski definition) is 5. The fraction of sp³-hybridized carbons (Fsp3) is 0.130. The van der Waals surface area contributed by atoms with Crippen molar-refractivity contribution in [1.29, 1.82) is 10.5 Å². The molecule has 0 aliphatic rings. The smallest absolute Gasteiger partial charge is 0.141 e. The third-order valence-corrected chi connectivity index (χ3v) is 6.13. The molecule has 0 saturated carbocycles. The van der Waals surface area contributed by atoms with Gasteiger partial charge in [0.15, 0.2) is 0 Å². The highest BCUT2D eigenvalue weighted by Gasteiger charge is 2.01. The summed E-state index contributed by atoms with van der Waals surface area (Å²) < 4.78 is 12.5. The molecule has 0 spiro atoms. The first-order valence-corrected chi connectivity index (χ1v) is 12.5. The van der Waals surface area contributed by atoms with E-state index in [1.165, 1.54) is 23.1 Å². The molecule has 3 aromatic carbocycles. The van der Waals surface area contributed by atoms with Crippen LogP contribution in [0.3, 0.4) is 0 Å². The van der Waals surface area contributed by atoms with Crippen LogP contribution in [-0.2, 0) is 6.54 Å². The maximum absolute atomic E-state index is 12.5. The van der Waals surface area contributed by atoms with Gasteiger partial charge in [0.2, 0.25) is 0 Å². The predicted octanol–water partition coefficient (Wildman–Crippen LogP) is 7.80. The SMILES string of the molecule is CSc1ccc(Cl)cc1C#N.CSc1ccc(Cl)cc1CN.N#Cc1cc(Cl)ccc1F. The van der Waals surface area contributed by atoms with Crippen LogP contribution in [0.1, 0.15) is 16.7 Å². The normalized spacial score (nSPS) is 9.41. The number of hydrogen-bond donors (Lipinski definition) is 1. The standard InChI is InChI=1S/C8H10ClNS.C8H6ClNS.C7H3ClFN/c2*1-11-8-3-2-7(9)4-6(8)5-10;8-6-1-2-7(9)5(3-6)4-10/h2-4H,5,10H2,1H3;2-4H,1H3;1-3H.